The van der Waals surface area contributed by atoms with Crippen LogP contribution in [0.3, 0.4) is 0 Å². The van der Waals surface area contributed by atoms with Crippen molar-refractivity contribution >= 4 is 66.4 Å². The molecule has 0 aliphatic carbocycles. The number of aryl methyl sites for hydroxylation is 1. The largest absolute Gasteiger partial charge is 0.545 e. The molecular weight excluding hydrogens is 560 g/mol. The zero-order valence-corrected chi connectivity index (χ0v) is 23.3. The van der Waals surface area contributed by atoms with Crippen molar-refractivity contribution < 1.29 is 28.3 Å². The van der Waals surface area contributed by atoms with E-state index in [4.69, 9.17) is 0 Å². The zero-order chi connectivity index (χ0) is 30.7. The molecule has 0 atom stereocenters. The number of carbonyl (C=O) groups excluding carboxylic acids is 3. The summed E-state index contributed by atoms with van der Waals surface area (Å²) in [6.45, 7) is 1.92. The molecule has 0 saturated carbocycles. The number of carboxylic acid groups (broad SMARTS) is 1. The molecule has 0 aliphatic heterocycles. The summed E-state index contributed by atoms with van der Waals surface area (Å²) in [6.07, 6.45) is -0.0384. The van der Waals surface area contributed by atoms with Gasteiger partial charge < -0.3 is 15.2 Å². The Hall–Kier alpha value is -5.69. The minimum absolute atomic E-state index is 0.0384. The minimum Gasteiger partial charge on any atom is -0.545 e. The summed E-state index contributed by atoms with van der Waals surface area (Å²) in [6, 6.07) is 25.1. The van der Waals surface area contributed by atoms with E-state index < -0.39 is 17.6 Å². The zero-order valence-electron chi connectivity index (χ0n) is 23.3. The quantitative estimate of drug-likeness (QED) is 0.126. The van der Waals surface area contributed by atoms with Gasteiger partial charge in [-0.05, 0) is 98.2 Å². The Bertz CT molecular complexity index is 2290. The van der Waals surface area contributed by atoms with Crippen molar-refractivity contribution in [3.8, 4) is 0 Å². The SMILES string of the molecule is Cc1ccc2c3ccc(C(=O)Cc4ccc(F)cc4)c4c(C(=O)[O-])ccc(c5ccc(C(=O)Nc6ccc(F)cc6)c1c52)c43. The number of benzene rings is 7. The number of carbonyl (C=O) groups is 3. The second-order valence-electron chi connectivity index (χ2n) is 10.9. The second kappa shape index (κ2) is 10.2. The predicted octanol–water partition coefficient (Wildman–Crippen LogP) is 7.37. The number of fused-ring (bicyclic) bond motifs is 2. The van der Waals surface area contributed by atoms with Gasteiger partial charge >= 0.3 is 0 Å². The summed E-state index contributed by atoms with van der Waals surface area (Å²) in [4.78, 5) is 39.5. The van der Waals surface area contributed by atoms with Crippen molar-refractivity contribution in [2.45, 2.75) is 13.3 Å². The molecule has 0 heterocycles. The van der Waals surface area contributed by atoms with Gasteiger partial charge in [-0.15, -0.1) is 0 Å². The van der Waals surface area contributed by atoms with Crippen LogP contribution in [0.1, 0.15) is 42.2 Å². The van der Waals surface area contributed by atoms with Crippen LogP contribution in [0.5, 0.6) is 0 Å². The summed E-state index contributed by atoms with van der Waals surface area (Å²) in [5, 5.41) is 20.7. The maximum Gasteiger partial charge on any atom is 0.256 e. The predicted molar refractivity (Wildman–Crippen MR) is 166 cm³/mol. The van der Waals surface area contributed by atoms with Gasteiger partial charge in [-0.2, -0.15) is 0 Å². The van der Waals surface area contributed by atoms with E-state index in [2.05, 4.69) is 5.32 Å². The van der Waals surface area contributed by atoms with E-state index in [0.29, 0.717) is 22.2 Å². The summed E-state index contributed by atoms with van der Waals surface area (Å²) >= 11 is 0. The molecule has 0 fully saturated rings. The van der Waals surface area contributed by atoms with Crippen molar-refractivity contribution in [1.82, 2.24) is 0 Å². The Morgan fingerprint density at radius 3 is 1.68 bits per heavy atom. The first-order valence-electron chi connectivity index (χ1n) is 13.9. The number of nitrogens with one attached hydrogen (secondary N) is 1. The maximum atomic E-state index is 13.6. The number of aromatic carboxylic acids is 1. The average Bonchev–Trinajstić information content (AvgIpc) is 3.02. The Labute approximate surface area is 249 Å². The van der Waals surface area contributed by atoms with E-state index in [1.807, 2.05) is 25.1 Å². The second-order valence-corrected chi connectivity index (χ2v) is 10.9. The number of anilines is 1. The molecule has 0 aromatic heterocycles. The average molecular weight is 583 g/mol. The van der Waals surface area contributed by atoms with Crippen molar-refractivity contribution in [3.63, 3.8) is 0 Å². The molecule has 7 aromatic carbocycles. The van der Waals surface area contributed by atoms with Gasteiger partial charge in [0.2, 0.25) is 0 Å². The number of hydrogen-bond donors (Lipinski definition) is 1. The molecule has 0 saturated heterocycles. The normalized spacial score (nSPS) is 11.5. The van der Waals surface area contributed by atoms with Gasteiger partial charge in [0.05, 0.1) is 5.97 Å². The first kappa shape index (κ1) is 27.2. The van der Waals surface area contributed by atoms with E-state index in [9.17, 15) is 28.3 Å². The number of carboxylic acids is 1. The molecule has 0 spiro atoms. The smallest absolute Gasteiger partial charge is 0.256 e. The van der Waals surface area contributed by atoms with Crippen LogP contribution in [0, 0.1) is 18.6 Å². The van der Waals surface area contributed by atoms with Gasteiger partial charge in [0.15, 0.2) is 5.78 Å². The van der Waals surface area contributed by atoms with Gasteiger partial charge in [-0.3, -0.25) is 9.59 Å². The third kappa shape index (κ3) is 4.32. The number of hydrogen-bond acceptors (Lipinski definition) is 4. The molecule has 0 bridgehead atoms. The maximum absolute atomic E-state index is 13.6. The molecule has 7 heteroatoms. The summed E-state index contributed by atoms with van der Waals surface area (Å²) in [7, 11) is 0. The van der Waals surface area contributed by atoms with Crippen molar-refractivity contribution in [1.29, 1.82) is 0 Å². The molecule has 5 nitrogen and oxygen atoms in total. The van der Waals surface area contributed by atoms with Crippen LogP contribution < -0.4 is 10.4 Å². The van der Waals surface area contributed by atoms with Crippen LogP contribution in [0.4, 0.5) is 14.5 Å². The van der Waals surface area contributed by atoms with Gasteiger partial charge in [-0.25, -0.2) is 8.78 Å². The minimum atomic E-state index is -1.41. The van der Waals surface area contributed by atoms with Crippen molar-refractivity contribution in [2.75, 3.05) is 5.32 Å². The third-order valence-electron chi connectivity index (χ3n) is 8.26. The highest BCUT2D eigenvalue weighted by Gasteiger charge is 2.23. The van der Waals surface area contributed by atoms with Gasteiger partial charge in [0.25, 0.3) is 5.91 Å². The number of halogens is 2. The first-order chi connectivity index (χ1) is 21.2. The lowest BCUT2D eigenvalue weighted by atomic mass is 9.83. The van der Waals surface area contributed by atoms with Crippen LogP contribution in [0.15, 0.2) is 97.1 Å². The fraction of sp³-hybridized carbons (Fsp3) is 0.0541. The van der Waals surface area contributed by atoms with E-state index in [1.54, 1.807) is 24.3 Å². The third-order valence-corrected chi connectivity index (χ3v) is 8.26. The molecule has 0 unspecified atom stereocenters. The lowest BCUT2D eigenvalue weighted by molar-refractivity contribution is -0.254. The van der Waals surface area contributed by atoms with Crippen molar-refractivity contribution in [3.05, 3.63) is 137 Å². The molecule has 1 N–H and O–H groups in total. The number of amides is 1. The van der Waals surface area contributed by atoms with Crippen LogP contribution in [-0.2, 0) is 6.42 Å². The lowest BCUT2D eigenvalue weighted by Crippen LogP contribution is -2.23. The highest BCUT2D eigenvalue weighted by atomic mass is 19.1. The van der Waals surface area contributed by atoms with E-state index >= 15 is 0 Å². The van der Waals surface area contributed by atoms with Crippen LogP contribution in [0.25, 0.3) is 43.1 Å². The highest BCUT2D eigenvalue weighted by Crippen LogP contribution is 2.44. The summed E-state index contributed by atoms with van der Waals surface area (Å²) in [5.74, 6) is -2.89. The molecule has 0 aliphatic rings. The standard InChI is InChI=1S/C37H23F2NO4/c1-19-2-11-24-26-12-15-28(31(41)18-20-3-5-21(38)6-4-20)35-30(37(43)44)17-14-27(34(26)35)25-13-16-29(32(19)33(24)25)36(42)40-23-9-7-22(39)8-10-23/h2-17H,18H2,1H3,(H,40,42)(H,43,44)/p-1. The van der Waals surface area contributed by atoms with Crippen LogP contribution in [-0.4, -0.2) is 17.7 Å². The number of ketones is 1. The Morgan fingerprint density at radius 1 is 0.591 bits per heavy atom. The molecule has 44 heavy (non-hydrogen) atoms. The van der Waals surface area contributed by atoms with Crippen molar-refractivity contribution in [2.24, 2.45) is 0 Å². The van der Waals surface area contributed by atoms with E-state index in [-0.39, 0.29) is 34.6 Å². The monoisotopic (exact) mass is 582 g/mol. The van der Waals surface area contributed by atoms with Gasteiger partial charge in [0, 0.05) is 34.2 Å². The Balaban J connectivity index is 1.47. The van der Waals surface area contributed by atoms with E-state index in [0.717, 1.165) is 37.9 Å². The topological polar surface area (TPSA) is 86.3 Å². The highest BCUT2D eigenvalue weighted by molar-refractivity contribution is 6.37. The number of Topliss-reactive ketones (excluding diaryl/α,β-unsaturated/α-hetero) is 1. The molecular formula is C37H22F2NO4-. The van der Waals surface area contributed by atoms with E-state index in [1.165, 1.54) is 54.6 Å². The summed E-state index contributed by atoms with van der Waals surface area (Å²) < 4.78 is 26.9. The van der Waals surface area contributed by atoms with Crippen LogP contribution in [0.2, 0.25) is 0 Å². The van der Waals surface area contributed by atoms with Gasteiger partial charge in [-0.1, -0.05) is 54.6 Å². The van der Waals surface area contributed by atoms with Gasteiger partial charge in [0.1, 0.15) is 11.6 Å². The number of rotatable bonds is 6. The molecule has 214 valence electrons. The summed E-state index contributed by atoms with van der Waals surface area (Å²) in [5.41, 5.74) is 2.49. The Morgan fingerprint density at radius 2 is 1.09 bits per heavy atom. The first-order valence-corrected chi connectivity index (χ1v) is 13.9. The fourth-order valence-corrected chi connectivity index (χ4v) is 6.27. The molecule has 7 rings (SSSR count). The molecule has 7 aromatic rings. The molecule has 1 amide bonds. The Kier molecular flexibility index (Phi) is 6.32. The fourth-order valence-electron chi connectivity index (χ4n) is 6.27. The van der Waals surface area contributed by atoms with Crippen LogP contribution >= 0.6 is 0 Å². The lowest BCUT2D eigenvalue weighted by Gasteiger charge is -2.20. The molecule has 0 radical (unpaired) electrons.